The van der Waals surface area contributed by atoms with Gasteiger partial charge in [-0.3, -0.25) is 4.79 Å². The van der Waals surface area contributed by atoms with Gasteiger partial charge in [0.2, 0.25) is 5.91 Å². The van der Waals surface area contributed by atoms with E-state index in [4.69, 9.17) is 5.73 Å². The predicted octanol–water partition coefficient (Wildman–Crippen LogP) is 1.82. The molecule has 0 unspecified atom stereocenters. The summed E-state index contributed by atoms with van der Waals surface area (Å²) in [6.45, 7) is 0.0720. The first-order chi connectivity index (χ1) is 10.8. The van der Waals surface area contributed by atoms with Crippen molar-refractivity contribution in [3.8, 4) is 5.75 Å². The molecule has 0 bridgehead atoms. The number of aromatic nitrogens is 2. The van der Waals surface area contributed by atoms with E-state index in [0.29, 0.717) is 11.4 Å². The van der Waals surface area contributed by atoms with Crippen molar-refractivity contribution in [1.82, 2.24) is 15.3 Å². The van der Waals surface area contributed by atoms with E-state index in [2.05, 4.69) is 20.0 Å². The van der Waals surface area contributed by atoms with Gasteiger partial charge in [0.25, 0.3) is 0 Å². The Morgan fingerprint density at radius 1 is 1.30 bits per heavy atom. The predicted molar refractivity (Wildman–Crippen MR) is 75.1 cm³/mol. The number of rotatable bonds is 5. The van der Waals surface area contributed by atoms with Gasteiger partial charge in [-0.15, -0.1) is 13.2 Å². The highest BCUT2D eigenvalue weighted by Crippen LogP contribution is 2.23. The van der Waals surface area contributed by atoms with Crippen molar-refractivity contribution in [2.75, 3.05) is 5.73 Å². The molecule has 0 radical (unpaired) electrons. The minimum atomic E-state index is -4.77. The highest BCUT2D eigenvalue weighted by atomic mass is 19.4. The van der Waals surface area contributed by atoms with Crippen LogP contribution in [0.2, 0.25) is 0 Å². The van der Waals surface area contributed by atoms with E-state index in [1.54, 1.807) is 0 Å². The second kappa shape index (κ2) is 6.95. The lowest BCUT2D eigenvalue weighted by molar-refractivity contribution is -0.274. The number of halogens is 3. The number of ether oxygens (including phenoxy) is 1. The number of nitrogen functional groups attached to an aromatic ring is 1. The SMILES string of the molecule is Nc1ccnc(CNC(=O)Cc2cccc(OC(F)(F)F)c2)n1. The third-order valence-corrected chi connectivity index (χ3v) is 2.67. The van der Waals surface area contributed by atoms with Crippen LogP contribution >= 0.6 is 0 Å². The first-order valence-corrected chi connectivity index (χ1v) is 6.50. The Labute approximate surface area is 129 Å². The molecule has 2 rings (SSSR count). The molecule has 0 aliphatic rings. The first kappa shape index (κ1) is 16.5. The lowest BCUT2D eigenvalue weighted by atomic mass is 10.1. The van der Waals surface area contributed by atoms with E-state index in [9.17, 15) is 18.0 Å². The molecule has 23 heavy (non-hydrogen) atoms. The number of carbonyl (C=O) groups excluding carboxylic acids is 1. The van der Waals surface area contributed by atoms with Crippen LogP contribution in [0.5, 0.6) is 5.75 Å². The summed E-state index contributed by atoms with van der Waals surface area (Å²) in [4.78, 5) is 19.6. The van der Waals surface area contributed by atoms with Crippen molar-refractivity contribution in [2.45, 2.75) is 19.3 Å². The molecule has 0 saturated carbocycles. The number of nitrogens with one attached hydrogen (secondary N) is 1. The fraction of sp³-hybridized carbons (Fsp3) is 0.214. The fourth-order valence-corrected chi connectivity index (χ4v) is 1.78. The molecule has 3 N–H and O–H groups in total. The molecule has 0 aliphatic carbocycles. The zero-order valence-electron chi connectivity index (χ0n) is 11.8. The molecule has 0 atom stereocenters. The average Bonchev–Trinajstić information content (AvgIpc) is 2.44. The second-order valence-corrected chi connectivity index (χ2v) is 4.55. The van der Waals surface area contributed by atoms with Crippen LogP contribution in [0.15, 0.2) is 36.5 Å². The lowest BCUT2D eigenvalue weighted by Gasteiger charge is -2.10. The molecule has 0 saturated heterocycles. The summed E-state index contributed by atoms with van der Waals surface area (Å²) in [7, 11) is 0. The molecule has 0 aliphatic heterocycles. The number of nitrogens with two attached hydrogens (primary N) is 1. The van der Waals surface area contributed by atoms with Crippen molar-refractivity contribution >= 4 is 11.7 Å². The van der Waals surface area contributed by atoms with E-state index < -0.39 is 6.36 Å². The zero-order chi connectivity index (χ0) is 16.9. The number of carbonyl (C=O) groups is 1. The standard InChI is InChI=1S/C14H13F3N4O2/c15-14(16,17)23-10-3-1-2-9(6-10)7-13(22)20-8-12-19-5-4-11(18)21-12/h1-6H,7-8H2,(H,20,22)(H2,18,19,21). The van der Waals surface area contributed by atoms with Gasteiger partial charge in [-0.05, 0) is 23.8 Å². The van der Waals surface area contributed by atoms with Crippen molar-refractivity contribution in [3.05, 3.63) is 47.9 Å². The van der Waals surface area contributed by atoms with Gasteiger partial charge in [-0.1, -0.05) is 12.1 Å². The van der Waals surface area contributed by atoms with Crippen LogP contribution in [-0.2, 0) is 17.8 Å². The van der Waals surface area contributed by atoms with Crippen LogP contribution in [-0.4, -0.2) is 22.2 Å². The summed E-state index contributed by atoms with van der Waals surface area (Å²) >= 11 is 0. The highest BCUT2D eigenvalue weighted by molar-refractivity contribution is 5.78. The Bertz CT molecular complexity index is 692. The maximum atomic E-state index is 12.2. The van der Waals surface area contributed by atoms with Gasteiger partial charge >= 0.3 is 6.36 Å². The Morgan fingerprint density at radius 3 is 2.78 bits per heavy atom. The van der Waals surface area contributed by atoms with Gasteiger partial charge in [-0.2, -0.15) is 0 Å². The fourth-order valence-electron chi connectivity index (χ4n) is 1.78. The van der Waals surface area contributed by atoms with Gasteiger partial charge in [0.05, 0.1) is 13.0 Å². The third kappa shape index (κ3) is 5.81. The average molecular weight is 326 g/mol. The van der Waals surface area contributed by atoms with Crippen molar-refractivity contribution in [2.24, 2.45) is 0 Å². The molecular weight excluding hydrogens is 313 g/mol. The zero-order valence-corrected chi connectivity index (χ0v) is 11.8. The quantitative estimate of drug-likeness (QED) is 0.875. The highest BCUT2D eigenvalue weighted by Gasteiger charge is 2.31. The number of benzene rings is 1. The monoisotopic (exact) mass is 326 g/mol. The summed E-state index contributed by atoms with van der Waals surface area (Å²) in [5.41, 5.74) is 5.87. The number of hydrogen-bond donors (Lipinski definition) is 2. The van der Waals surface area contributed by atoms with Crippen molar-refractivity contribution in [3.63, 3.8) is 0 Å². The smallest absolute Gasteiger partial charge is 0.406 e. The van der Waals surface area contributed by atoms with E-state index in [1.165, 1.54) is 24.4 Å². The number of nitrogens with zero attached hydrogens (tertiary/aromatic N) is 2. The summed E-state index contributed by atoms with van der Waals surface area (Å²) in [5, 5.41) is 2.56. The van der Waals surface area contributed by atoms with Crippen LogP contribution < -0.4 is 15.8 Å². The molecule has 6 nitrogen and oxygen atoms in total. The number of hydrogen-bond acceptors (Lipinski definition) is 5. The van der Waals surface area contributed by atoms with Gasteiger partial charge in [0, 0.05) is 6.20 Å². The first-order valence-electron chi connectivity index (χ1n) is 6.50. The Kier molecular flexibility index (Phi) is 4.99. The molecule has 1 aromatic carbocycles. The van der Waals surface area contributed by atoms with E-state index in [0.717, 1.165) is 12.1 Å². The molecule has 1 amide bonds. The van der Waals surface area contributed by atoms with Gasteiger partial charge in [-0.25, -0.2) is 9.97 Å². The maximum absolute atomic E-state index is 12.2. The third-order valence-electron chi connectivity index (χ3n) is 2.67. The lowest BCUT2D eigenvalue weighted by Crippen LogP contribution is -2.25. The van der Waals surface area contributed by atoms with E-state index >= 15 is 0 Å². The molecule has 1 aromatic heterocycles. The maximum Gasteiger partial charge on any atom is 0.573 e. The summed E-state index contributed by atoms with van der Waals surface area (Å²) in [6, 6.07) is 6.74. The molecular formula is C14H13F3N4O2. The minimum Gasteiger partial charge on any atom is -0.406 e. The van der Waals surface area contributed by atoms with Crippen LogP contribution in [0.25, 0.3) is 0 Å². The Morgan fingerprint density at radius 2 is 2.09 bits per heavy atom. The van der Waals surface area contributed by atoms with Crippen LogP contribution in [0.1, 0.15) is 11.4 Å². The van der Waals surface area contributed by atoms with Gasteiger partial charge in [0.1, 0.15) is 17.4 Å². The largest absolute Gasteiger partial charge is 0.573 e. The summed E-state index contributed by atoms with van der Waals surface area (Å²) in [5.74, 6) is -0.143. The van der Waals surface area contributed by atoms with Crippen LogP contribution in [0, 0.1) is 0 Å². The summed E-state index contributed by atoms with van der Waals surface area (Å²) in [6.07, 6.45) is -3.41. The molecule has 1 heterocycles. The second-order valence-electron chi connectivity index (χ2n) is 4.55. The van der Waals surface area contributed by atoms with Gasteiger partial charge in [0.15, 0.2) is 0 Å². The van der Waals surface area contributed by atoms with E-state index in [1.807, 2.05) is 0 Å². The number of amides is 1. The van der Waals surface area contributed by atoms with E-state index in [-0.39, 0.29) is 30.4 Å². The minimum absolute atomic E-state index is 0.0720. The molecule has 0 spiro atoms. The molecule has 122 valence electrons. The van der Waals surface area contributed by atoms with Crippen molar-refractivity contribution in [1.29, 1.82) is 0 Å². The number of alkyl halides is 3. The topological polar surface area (TPSA) is 90.1 Å². The molecule has 0 fully saturated rings. The molecule has 9 heteroatoms. The van der Waals surface area contributed by atoms with Crippen molar-refractivity contribution < 1.29 is 22.7 Å². The normalized spacial score (nSPS) is 11.1. The summed E-state index contributed by atoms with van der Waals surface area (Å²) < 4.78 is 40.3. The van der Waals surface area contributed by atoms with Crippen LogP contribution in [0.4, 0.5) is 19.0 Å². The Balaban J connectivity index is 1.91. The van der Waals surface area contributed by atoms with Gasteiger partial charge < -0.3 is 15.8 Å². The number of anilines is 1. The Hall–Kier alpha value is -2.84. The molecule has 2 aromatic rings. The van der Waals surface area contributed by atoms with Crippen LogP contribution in [0.3, 0.4) is 0 Å².